The second kappa shape index (κ2) is 7.65. The number of aliphatic hydroxyl groups is 2. The second-order valence-electron chi connectivity index (χ2n) is 5.93. The molecule has 4 rings (SSSR count). The lowest BCUT2D eigenvalue weighted by atomic mass is 10.2. The Kier molecular flexibility index (Phi) is 5.30. The predicted molar refractivity (Wildman–Crippen MR) is 92.2 cm³/mol. The molecule has 0 amide bonds. The molecule has 0 aromatic carbocycles. The van der Waals surface area contributed by atoms with Gasteiger partial charge in [-0.25, -0.2) is 14.8 Å². The Morgan fingerprint density at radius 2 is 1.93 bits per heavy atom. The lowest BCUT2D eigenvalue weighted by molar-refractivity contribution is -0.0459. The van der Waals surface area contributed by atoms with Crippen LogP contribution < -0.4 is 16.8 Å². The molecule has 5 N–H and O–H groups in total. The SMILES string of the molecule is Cc1cn([C@H]2C[C@H](O)[C@@H](CO)O2)c(=O)[nH]c1=O.O=c1[nH]cnc2nc[nH]c12. The van der Waals surface area contributed by atoms with E-state index in [9.17, 15) is 19.5 Å². The standard InChI is InChI=1S/C10H14N2O5.C5H4N4O/c1-5-3-12(10(16)11-9(5)15)8-2-6(14)7(4-13)17-8;10-5-3-4(7-1-6-3)8-2-9-5/h3,6-8,13-14H,2,4H2,1H3,(H,11,15,16);1-2H,(H2,6,7,8,9,10)/t6-,7+,8+;/m0./s1. The van der Waals surface area contributed by atoms with Gasteiger partial charge in [-0.1, -0.05) is 0 Å². The molecular formula is C15H18N6O6. The van der Waals surface area contributed by atoms with Crippen molar-refractivity contribution in [3.8, 4) is 0 Å². The van der Waals surface area contributed by atoms with E-state index in [0.717, 1.165) is 0 Å². The largest absolute Gasteiger partial charge is 0.394 e. The second-order valence-corrected chi connectivity index (χ2v) is 5.93. The molecule has 3 aromatic heterocycles. The number of fused-ring (bicyclic) bond motifs is 1. The third-order valence-electron chi connectivity index (χ3n) is 4.07. The lowest BCUT2D eigenvalue weighted by Gasteiger charge is -2.14. The number of aromatic nitrogens is 6. The first kappa shape index (κ1) is 18.7. The van der Waals surface area contributed by atoms with Gasteiger partial charge in [-0.15, -0.1) is 0 Å². The van der Waals surface area contributed by atoms with E-state index in [1.165, 1.54) is 23.4 Å². The van der Waals surface area contributed by atoms with E-state index >= 15 is 0 Å². The molecule has 1 fully saturated rings. The molecule has 3 atom stereocenters. The molecule has 27 heavy (non-hydrogen) atoms. The molecule has 1 aliphatic heterocycles. The summed E-state index contributed by atoms with van der Waals surface area (Å²) in [5, 5.41) is 18.5. The highest BCUT2D eigenvalue weighted by atomic mass is 16.5. The van der Waals surface area contributed by atoms with Crippen LogP contribution in [0.2, 0.25) is 0 Å². The van der Waals surface area contributed by atoms with Gasteiger partial charge in [0, 0.05) is 18.2 Å². The summed E-state index contributed by atoms with van der Waals surface area (Å²) < 4.78 is 6.54. The van der Waals surface area contributed by atoms with Crippen molar-refractivity contribution in [1.29, 1.82) is 0 Å². The van der Waals surface area contributed by atoms with Crippen molar-refractivity contribution in [3.05, 3.63) is 55.6 Å². The highest BCUT2D eigenvalue weighted by molar-refractivity contribution is 5.67. The fourth-order valence-electron chi connectivity index (χ4n) is 2.63. The quantitative estimate of drug-likeness (QED) is 0.344. The number of hydrogen-bond acceptors (Lipinski definition) is 8. The summed E-state index contributed by atoms with van der Waals surface area (Å²) in [5.74, 6) is 0. The fraction of sp³-hybridized carbons (Fsp3) is 0.400. The number of hydrogen-bond donors (Lipinski definition) is 5. The van der Waals surface area contributed by atoms with Crippen LogP contribution >= 0.6 is 0 Å². The summed E-state index contributed by atoms with van der Waals surface area (Å²) >= 11 is 0. The average Bonchev–Trinajstić information content (AvgIpc) is 3.26. The molecule has 0 radical (unpaired) electrons. The summed E-state index contributed by atoms with van der Waals surface area (Å²) in [6.07, 6.45) is 2.18. The van der Waals surface area contributed by atoms with Gasteiger partial charge in [0.1, 0.15) is 12.3 Å². The number of aryl methyl sites for hydroxylation is 1. The molecule has 1 saturated heterocycles. The van der Waals surface area contributed by atoms with Gasteiger partial charge in [0.15, 0.2) is 11.2 Å². The summed E-state index contributed by atoms with van der Waals surface area (Å²) in [7, 11) is 0. The van der Waals surface area contributed by atoms with Gasteiger partial charge < -0.3 is 24.9 Å². The van der Waals surface area contributed by atoms with Gasteiger partial charge in [-0.3, -0.25) is 19.1 Å². The van der Waals surface area contributed by atoms with Gasteiger partial charge in [0.25, 0.3) is 11.1 Å². The fourth-order valence-corrected chi connectivity index (χ4v) is 2.63. The molecule has 4 heterocycles. The van der Waals surface area contributed by atoms with Gasteiger partial charge in [0.05, 0.1) is 25.4 Å². The summed E-state index contributed by atoms with van der Waals surface area (Å²) in [4.78, 5) is 48.5. The van der Waals surface area contributed by atoms with Gasteiger partial charge in [0.2, 0.25) is 0 Å². The van der Waals surface area contributed by atoms with Crippen LogP contribution in [0.1, 0.15) is 18.2 Å². The molecule has 0 saturated carbocycles. The minimum atomic E-state index is -0.816. The van der Waals surface area contributed by atoms with Crippen molar-refractivity contribution in [3.63, 3.8) is 0 Å². The van der Waals surface area contributed by atoms with Crippen LogP contribution in [-0.2, 0) is 4.74 Å². The van der Waals surface area contributed by atoms with Crippen LogP contribution in [0.5, 0.6) is 0 Å². The number of rotatable bonds is 2. The number of nitrogens with one attached hydrogen (secondary N) is 3. The van der Waals surface area contributed by atoms with Crippen molar-refractivity contribution >= 4 is 11.2 Å². The van der Waals surface area contributed by atoms with Gasteiger partial charge in [-0.2, -0.15) is 0 Å². The molecule has 0 bridgehead atoms. The Bertz CT molecular complexity index is 1100. The smallest absolute Gasteiger partial charge is 0.330 e. The summed E-state index contributed by atoms with van der Waals surface area (Å²) in [6, 6.07) is 0. The highest BCUT2D eigenvalue weighted by Crippen LogP contribution is 2.27. The van der Waals surface area contributed by atoms with E-state index in [4.69, 9.17) is 9.84 Å². The Hall–Kier alpha value is -3.09. The first-order valence-electron chi connectivity index (χ1n) is 8.04. The molecule has 144 valence electrons. The van der Waals surface area contributed by atoms with Crippen LogP contribution in [0.3, 0.4) is 0 Å². The summed E-state index contributed by atoms with van der Waals surface area (Å²) in [5.41, 5.74) is 0.0313. The Balaban J connectivity index is 0.000000177. The monoisotopic (exact) mass is 378 g/mol. The first-order chi connectivity index (χ1) is 12.9. The van der Waals surface area contributed by atoms with Crippen molar-refractivity contribution < 1.29 is 14.9 Å². The number of H-pyrrole nitrogens is 3. The van der Waals surface area contributed by atoms with Crippen LogP contribution in [0.25, 0.3) is 11.2 Å². The molecule has 12 nitrogen and oxygen atoms in total. The van der Waals surface area contributed by atoms with E-state index in [-0.39, 0.29) is 18.6 Å². The van der Waals surface area contributed by atoms with E-state index in [2.05, 4.69) is 24.9 Å². The Morgan fingerprint density at radius 3 is 2.56 bits per heavy atom. The summed E-state index contributed by atoms with van der Waals surface area (Å²) in [6.45, 7) is 1.26. The normalized spacial score (nSPS) is 21.8. The average molecular weight is 378 g/mol. The van der Waals surface area contributed by atoms with E-state index < -0.39 is 29.7 Å². The molecule has 3 aromatic rings. The molecular weight excluding hydrogens is 360 g/mol. The number of aromatic amines is 3. The zero-order valence-corrected chi connectivity index (χ0v) is 14.2. The minimum absolute atomic E-state index is 0.192. The highest BCUT2D eigenvalue weighted by Gasteiger charge is 2.34. The van der Waals surface area contributed by atoms with E-state index in [1.807, 2.05) is 0 Å². The molecule has 0 aliphatic carbocycles. The van der Waals surface area contributed by atoms with E-state index in [1.54, 1.807) is 6.92 Å². The maximum absolute atomic E-state index is 11.6. The third kappa shape index (κ3) is 3.86. The Morgan fingerprint density at radius 1 is 1.22 bits per heavy atom. The topological polar surface area (TPSA) is 179 Å². The molecule has 0 spiro atoms. The van der Waals surface area contributed by atoms with E-state index in [0.29, 0.717) is 16.7 Å². The first-order valence-corrected chi connectivity index (χ1v) is 8.04. The third-order valence-corrected chi connectivity index (χ3v) is 4.07. The predicted octanol–water partition coefficient (Wildman–Crippen LogP) is -1.87. The van der Waals surface area contributed by atoms with Crippen LogP contribution in [-0.4, -0.2) is 58.5 Å². The van der Waals surface area contributed by atoms with Crippen LogP contribution in [0.15, 0.2) is 33.2 Å². The number of aliphatic hydroxyl groups excluding tert-OH is 2. The maximum atomic E-state index is 11.6. The van der Waals surface area contributed by atoms with Crippen LogP contribution in [0.4, 0.5) is 0 Å². The van der Waals surface area contributed by atoms with Crippen molar-refractivity contribution in [2.75, 3.05) is 6.61 Å². The lowest BCUT2D eigenvalue weighted by Crippen LogP contribution is -2.33. The maximum Gasteiger partial charge on any atom is 0.330 e. The zero-order chi connectivity index (χ0) is 19.6. The molecule has 1 aliphatic rings. The number of nitrogens with zero attached hydrogens (tertiary/aromatic N) is 3. The molecule has 0 unspecified atom stereocenters. The van der Waals surface area contributed by atoms with Gasteiger partial charge in [-0.05, 0) is 6.92 Å². The number of ether oxygens (including phenoxy) is 1. The zero-order valence-electron chi connectivity index (χ0n) is 14.2. The number of imidazole rings is 1. The van der Waals surface area contributed by atoms with Crippen molar-refractivity contribution in [1.82, 2.24) is 29.5 Å². The Labute approximate surface area is 150 Å². The van der Waals surface area contributed by atoms with Gasteiger partial charge >= 0.3 is 5.69 Å². The van der Waals surface area contributed by atoms with Crippen LogP contribution in [0, 0.1) is 6.92 Å². The van der Waals surface area contributed by atoms with Crippen molar-refractivity contribution in [2.24, 2.45) is 0 Å². The minimum Gasteiger partial charge on any atom is -0.394 e. The van der Waals surface area contributed by atoms with Crippen molar-refractivity contribution in [2.45, 2.75) is 31.8 Å². The molecule has 12 heteroatoms.